The van der Waals surface area contributed by atoms with Crippen molar-refractivity contribution in [3.8, 4) is 39.5 Å². The van der Waals surface area contributed by atoms with Crippen LogP contribution in [-0.2, 0) is 25.6 Å². The molecule has 14 nitrogen and oxygen atoms in total. The molecule has 3 fully saturated rings. The fourth-order valence-electron chi connectivity index (χ4n) is 9.12. The van der Waals surface area contributed by atoms with Crippen molar-refractivity contribution in [1.82, 2.24) is 40.5 Å². The van der Waals surface area contributed by atoms with E-state index in [2.05, 4.69) is 79.1 Å². The highest BCUT2D eigenvalue weighted by Crippen LogP contribution is 2.56. The molecular weight excluding hydrogens is 725 g/mol. The first-order valence-corrected chi connectivity index (χ1v) is 19.6. The van der Waals surface area contributed by atoms with Gasteiger partial charge in [-0.1, -0.05) is 54.6 Å². The molecule has 5 aromatic rings. The molecule has 2 aliphatic carbocycles. The van der Waals surface area contributed by atoms with Gasteiger partial charge in [-0.25, -0.2) is 19.7 Å². The number of aromatic nitrogens is 5. The Balaban J connectivity index is 0.918. The van der Waals surface area contributed by atoms with Crippen molar-refractivity contribution in [1.29, 1.82) is 0 Å². The number of imidazole rings is 2. The quantitative estimate of drug-likeness (QED) is 0.0999. The smallest absolute Gasteiger partial charge is 0.407 e. The molecule has 296 valence electrons. The molecule has 57 heavy (non-hydrogen) atoms. The van der Waals surface area contributed by atoms with Gasteiger partial charge in [-0.3, -0.25) is 9.59 Å². The first-order chi connectivity index (χ1) is 27.7. The van der Waals surface area contributed by atoms with Crippen LogP contribution in [0.2, 0.25) is 0 Å². The maximum Gasteiger partial charge on any atom is 0.407 e. The Morgan fingerprint density at radius 2 is 1.49 bits per heavy atom. The number of rotatable bonds is 12. The highest BCUT2D eigenvalue weighted by atomic mass is 16.5. The minimum atomic E-state index is -0.891. The van der Waals surface area contributed by atoms with Gasteiger partial charge < -0.3 is 40.1 Å². The molecule has 1 aliphatic heterocycles. The average molecular weight is 773 g/mol. The molecule has 8 rings (SSSR count). The van der Waals surface area contributed by atoms with E-state index >= 15 is 0 Å². The van der Waals surface area contributed by atoms with Crippen molar-refractivity contribution in [3.63, 3.8) is 0 Å². The van der Waals surface area contributed by atoms with Gasteiger partial charge in [0.1, 0.15) is 17.7 Å². The molecule has 3 unspecified atom stereocenters. The number of amides is 3. The van der Waals surface area contributed by atoms with Crippen LogP contribution in [0.3, 0.4) is 0 Å². The second-order valence-electron chi connectivity index (χ2n) is 15.4. The molecule has 3 aromatic heterocycles. The largest absolute Gasteiger partial charge is 0.493 e. The summed E-state index contributed by atoms with van der Waals surface area (Å²) in [6.45, 7) is 2.52. The maximum atomic E-state index is 13.6. The van der Waals surface area contributed by atoms with Crippen LogP contribution in [0.25, 0.3) is 33.6 Å². The third-order valence-electron chi connectivity index (χ3n) is 12.2. The normalized spacial score (nSPS) is 22.3. The number of ether oxygens (including phenoxy) is 2. The Kier molecular flexibility index (Phi) is 10.8. The Labute approximate surface area is 330 Å². The third kappa shape index (κ3) is 7.61. The lowest BCUT2D eigenvalue weighted by Crippen LogP contribution is -2.54. The van der Waals surface area contributed by atoms with Gasteiger partial charge in [-0.05, 0) is 79.2 Å². The predicted molar refractivity (Wildman–Crippen MR) is 211 cm³/mol. The molecule has 3 aliphatic rings. The van der Waals surface area contributed by atoms with Gasteiger partial charge in [0.05, 0.1) is 49.0 Å². The zero-order valence-electron chi connectivity index (χ0n) is 32.3. The lowest BCUT2D eigenvalue weighted by Gasteiger charge is -2.30. The van der Waals surface area contributed by atoms with Crippen LogP contribution >= 0.6 is 0 Å². The van der Waals surface area contributed by atoms with Gasteiger partial charge in [0, 0.05) is 37.9 Å². The molecule has 2 aromatic carbocycles. The van der Waals surface area contributed by atoms with Crippen molar-refractivity contribution < 1.29 is 29.0 Å². The first-order valence-electron chi connectivity index (χ1n) is 19.6. The van der Waals surface area contributed by atoms with Crippen LogP contribution in [0.5, 0.6) is 5.88 Å². The van der Waals surface area contributed by atoms with E-state index in [-0.39, 0.29) is 42.1 Å². The topological polar surface area (TPSA) is 187 Å². The molecular formula is C43H48N8O6. The summed E-state index contributed by atoms with van der Waals surface area (Å²) >= 11 is 0. The highest BCUT2D eigenvalue weighted by molar-refractivity contribution is 5.87. The summed E-state index contributed by atoms with van der Waals surface area (Å²) < 4.78 is 10.1. The molecule has 14 heteroatoms. The van der Waals surface area contributed by atoms with E-state index < -0.39 is 18.2 Å². The van der Waals surface area contributed by atoms with Crippen molar-refractivity contribution in [2.24, 2.45) is 17.8 Å². The number of benzene rings is 2. The van der Waals surface area contributed by atoms with Crippen molar-refractivity contribution >= 4 is 17.9 Å². The van der Waals surface area contributed by atoms with Gasteiger partial charge in [0.25, 0.3) is 0 Å². The van der Waals surface area contributed by atoms with Crippen LogP contribution in [0.1, 0.15) is 68.2 Å². The van der Waals surface area contributed by atoms with Crippen molar-refractivity contribution in [2.75, 3.05) is 20.8 Å². The number of nitrogens with one attached hydrogen (secondary N) is 4. The molecule has 1 saturated heterocycles. The number of alkyl carbamates (subject to hydrolysis) is 1. The lowest BCUT2D eigenvalue weighted by atomic mass is 9.78. The van der Waals surface area contributed by atoms with Gasteiger partial charge in [-0.2, -0.15) is 0 Å². The highest BCUT2D eigenvalue weighted by Gasteiger charge is 2.52. The number of aromatic amines is 2. The molecule has 2 saturated carbocycles. The van der Waals surface area contributed by atoms with Crippen LogP contribution < -0.4 is 10.6 Å². The molecule has 4 heterocycles. The summed E-state index contributed by atoms with van der Waals surface area (Å²) in [6.07, 6.45) is 8.68. The summed E-state index contributed by atoms with van der Waals surface area (Å²) in [5.74, 6) is 1.85. The monoisotopic (exact) mass is 772 g/mol. The fourth-order valence-corrected chi connectivity index (χ4v) is 9.12. The number of H-pyrrole nitrogens is 2. The van der Waals surface area contributed by atoms with Gasteiger partial charge >= 0.3 is 6.09 Å². The SMILES string of the molecule is COC(=O)N[C@H](C(=O)N1CCC[C@H]1c1ncc(-c2ccc(-c3ccc(-c4cnc(C5C6CCC(C6)[C@@H]5C(=O)NCc5cccnc5O)[nH]4)cc3)cc2)[nH]1)[C@@H](C)OC. The number of nitrogens with zero attached hydrogens (tertiary/aromatic N) is 4. The molecule has 5 N–H and O–H groups in total. The Hall–Kier alpha value is -6.02. The van der Waals surface area contributed by atoms with Gasteiger partial charge in [-0.15, -0.1) is 0 Å². The Bertz CT molecular complexity index is 2220. The summed E-state index contributed by atoms with van der Waals surface area (Å²) in [4.78, 5) is 61.3. The standard InChI is InChI=1S/C43H48N8O6/c1-24(56-2)37(50-43(55)57-3)42(54)51-19-5-7-34(51)38-45-22-32(48-38)27-12-8-25(9-13-27)26-10-14-28(15-11-26)33-23-46-39(49-33)35-29-16-17-30(20-29)36(35)41(53)47-21-31-6-4-18-44-40(31)52/h4,6,8-15,18,22-24,29-30,34-37H,5,7,16-17,19-21H2,1-3H3,(H,44,52)(H,45,48)(H,46,49)(H,47,53)(H,50,55)/t24-,29?,30?,34+,35?,36+,37+/m1/s1. The average Bonchev–Trinajstić information content (AvgIpc) is 4.10. The number of likely N-dealkylation sites (tertiary alicyclic amines) is 1. The molecule has 2 bridgehead atoms. The van der Waals surface area contributed by atoms with E-state index in [1.54, 1.807) is 30.2 Å². The van der Waals surface area contributed by atoms with E-state index in [1.165, 1.54) is 20.4 Å². The van der Waals surface area contributed by atoms with Crippen molar-refractivity contribution in [3.05, 3.63) is 96.5 Å². The second-order valence-corrected chi connectivity index (χ2v) is 15.4. The van der Waals surface area contributed by atoms with Crippen LogP contribution in [-0.4, -0.2) is 85.7 Å². The number of fused-ring (bicyclic) bond motifs is 2. The van der Waals surface area contributed by atoms with Gasteiger partial charge in [0.2, 0.25) is 17.7 Å². The molecule has 7 atom stereocenters. The molecule has 0 spiro atoms. The zero-order valence-corrected chi connectivity index (χ0v) is 32.3. The number of hydrogen-bond donors (Lipinski definition) is 5. The summed E-state index contributed by atoms with van der Waals surface area (Å²) in [6, 6.07) is 19.0. The minimum absolute atomic E-state index is 0.00152. The van der Waals surface area contributed by atoms with E-state index in [0.29, 0.717) is 29.8 Å². The van der Waals surface area contributed by atoms with Crippen molar-refractivity contribution in [2.45, 2.75) is 69.7 Å². The van der Waals surface area contributed by atoms with E-state index in [4.69, 9.17) is 14.5 Å². The molecule has 0 radical (unpaired) electrons. The second kappa shape index (κ2) is 16.2. The number of hydrogen-bond acceptors (Lipinski definition) is 9. The number of carbonyl (C=O) groups excluding carboxylic acids is 3. The summed E-state index contributed by atoms with van der Waals surface area (Å²) in [7, 11) is 2.76. The van der Waals surface area contributed by atoms with Crippen LogP contribution in [0.4, 0.5) is 4.79 Å². The zero-order chi connectivity index (χ0) is 39.6. The summed E-state index contributed by atoms with van der Waals surface area (Å²) in [5, 5.41) is 15.8. The number of methoxy groups -OCH3 is 2. The number of carbonyl (C=O) groups is 3. The number of pyridine rings is 1. The Morgan fingerprint density at radius 1 is 0.860 bits per heavy atom. The first kappa shape index (κ1) is 37.9. The van der Waals surface area contributed by atoms with Gasteiger partial charge in [0.15, 0.2) is 0 Å². The minimum Gasteiger partial charge on any atom is -0.493 e. The van der Waals surface area contributed by atoms with E-state index in [1.807, 2.05) is 6.20 Å². The number of aromatic hydroxyl groups is 1. The van der Waals surface area contributed by atoms with E-state index in [0.717, 1.165) is 71.6 Å². The lowest BCUT2D eigenvalue weighted by molar-refractivity contribution is -0.137. The fraction of sp³-hybridized carbons (Fsp3) is 0.395. The summed E-state index contributed by atoms with van der Waals surface area (Å²) in [5.41, 5.74) is 6.47. The van der Waals surface area contributed by atoms with Crippen LogP contribution in [0, 0.1) is 17.8 Å². The maximum absolute atomic E-state index is 13.6. The van der Waals surface area contributed by atoms with E-state index in [9.17, 15) is 19.5 Å². The van der Waals surface area contributed by atoms with Crippen LogP contribution in [0.15, 0.2) is 79.3 Å². The Morgan fingerprint density at radius 3 is 2.14 bits per heavy atom. The third-order valence-corrected chi connectivity index (χ3v) is 12.2. The molecule has 3 amide bonds. The predicted octanol–water partition coefficient (Wildman–Crippen LogP) is 6.10.